The van der Waals surface area contributed by atoms with Crippen LogP contribution in [-0.4, -0.2) is 40.8 Å². The van der Waals surface area contributed by atoms with Crippen LogP contribution in [0.4, 0.5) is 26.3 Å². The highest BCUT2D eigenvalue weighted by Gasteiger charge is 2.48. The molecule has 4 rings (SSSR count). The molecular formula is C28H20F6O6S. The standard InChI is InChI=1S/C28H20F6O6S/c1-40-14-8-9-22-17(10-14)23(35)26(13-41-22,11-18-15(24(36)37)4-2-6-20(18)27(29,30)31)12-19-16(25(38)39)5-3-7-21(19)28(32,33)34/h2-10H,11-13H2,1H3,(H,36,37)(H,38,39). The van der Waals surface area contributed by atoms with Gasteiger partial charge in [-0.3, -0.25) is 4.79 Å². The SMILES string of the molecule is COc1ccc2c(c1)C(=O)C(Cc1c(C(=O)O)cccc1C(F)(F)F)(Cc1c(C(=O)O)cccc1C(F)(F)F)CS2. The van der Waals surface area contributed by atoms with Crippen LogP contribution in [0, 0.1) is 5.41 Å². The second-order valence-electron chi connectivity index (χ2n) is 9.38. The van der Waals surface area contributed by atoms with E-state index in [0.717, 1.165) is 36.0 Å². The first kappa shape index (κ1) is 30.0. The van der Waals surface area contributed by atoms with E-state index in [1.807, 2.05) is 0 Å². The molecule has 41 heavy (non-hydrogen) atoms. The van der Waals surface area contributed by atoms with Crippen LogP contribution in [0.5, 0.6) is 5.75 Å². The normalized spacial score (nSPS) is 14.9. The molecule has 13 heteroatoms. The highest BCUT2D eigenvalue weighted by Crippen LogP contribution is 2.48. The highest BCUT2D eigenvalue weighted by molar-refractivity contribution is 7.99. The predicted molar refractivity (Wildman–Crippen MR) is 135 cm³/mol. The van der Waals surface area contributed by atoms with Crippen LogP contribution < -0.4 is 4.74 Å². The van der Waals surface area contributed by atoms with Gasteiger partial charge in [-0.25, -0.2) is 9.59 Å². The van der Waals surface area contributed by atoms with Crippen molar-refractivity contribution in [1.82, 2.24) is 0 Å². The minimum Gasteiger partial charge on any atom is -0.497 e. The van der Waals surface area contributed by atoms with Crippen LogP contribution in [0.25, 0.3) is 0 Å². The first-order valence-corrected chi connectivity index (χ1v) is 12.8. The molecule has 0 amide bonds. The summed E-state index contributed by atoms with van der Waals surface area (Å²) >= 11 is 0.979. The van der Waals surface area contributed by atoms with E-state index >= 15 is 0 Å². The Hall–Kier alpha value is -4.00. The second kappa shape index (κ2) is 10.8. The predicted octanol–water partition coefficient (Wildman–Crippen LogP) is 6.89. The van der Waals surface area contributed by atoms with Crippen molar-refractivity contribution in [3.8, 4) is 5.75 Å². The molecule has 0 spiro atoms. The number of carboxylic acid groups (broad SMARTS) is 2. The average Bonchev–Trinajstić information content (AvgIpc) is 2.89. The molecule has 0 unspecified atom stereocenters. The molecule has 2 N–H and O–H groups in total. The van der Waals surface area contributed by atoms with Crippen LogP contribution in [0.3, 0.4) is 0 Å². The van der Waals surface area contributed by atoms with Crippen molar-refractivity contribution in [1.29, 1.82) is 0 Å². The Morgan fingerprint density at radius 3 is 1.76 bits per heavy atom. The number of rotatable bonds is 7. The molecule has 1 aliphatic rings. The van der Waals surface area contributed by atoms with Crippen molar-refractivity contribution >= 4 is 29.5 Å². The van der Waals surface area contributed by atoms with Gasteiger partial charge in [-0.2, -0.15) is 26.3 Å². The number of ether oxygens (including phenoxy) is 1. The molecular weight excluding hydrogens is 578 g/mol. The number of ketones is 1. The van der Waals surface area contributed by atoms with Gasteiger partial charge in [-0.05, 0) is 66.4 Å². The summed E-state index contributed by atoms with van der Waals surface area (Å²) in [4.78, 5) is 38.6. The van der Waals surface area contributed by atoms with E-state index in [4.69, 9.17) is 4.74 Å². The third kappa shape index (κ3) is 5.76. The number of hydrogen-bond donors (Lipinski definition) is 2. The molecule has 3 aromatic carbocycles. The minimum absolute atomic E-state index is 0.0525. The van der Waals surface area contributed by atoms with Gasteiger partial charge in [-0.1, -0.05) is 12.1 Å². The van der Waals surface area contributed by atoms with E-state index in [9.17, 15) is 50.9 Å². The quantitative estimate of drug-likeness (QED) is 0.286. The summed E-state index contributed by atoms with van der Waals surface area (Å²) in [7, 11) is 1.30. The maximum atomic E-state index is 14.2. The fourth-order valence-electron chi connectivity index (χ4n) is 4.99. The first-order valence-electron chi connectivity index (χ1n) is 11.8. The highest BCUT2D eigenvalue weighted by atomic mass is 32.2. The number of benzene rings is 3. The van der Waals surface area contributed by atoms with Gasteiger partial charge in [0.25, 0.3) is 0 Å². The van der Waals surface area contributed by atoms with Gasteiger partial charge in [-0.15, -0.1) is 11.8 Å². The van der Waals surface area contributed by atoms with E-state index in [-0.39, 0.29) is 17.1 Å². The zero-order valence-corrected chi connectivity index (χ0v) is 21.8. The van der Waals surface area contributed by atoms with Crippen molar-refractivity contribution in [3.05, 3.63) is 93.5 Å². The lowest BCUT2D eigenvalue weighted by Crippen LogP contribution is -2.42. The van der Waals surface area contributed by atoms with Crippen LogP contribution in [-0.2, 0) is 25.2 Å². The topological polar surface area (TPSA) is 101 Å². The third-order valence-corrected chi connectivity index (χ3v) is 8.23. The lowest BCUT2D eigenvalue weighted by atomic mass is 9.70. The summed E-state index contributed by atoms with van der Waals surface area (Å²) in [6.07, 6.45) is -12.0. The van der Waals surface area contributed by atoms with Gasteiger partial charge in [0.1, 0.15) is 5.75 Å². The molecule has 0 aromatic heterocycles. The molecule has 3 aromatic rings. The van der Waals surface area contributed by atoms with Gasteiger partial charge in [0.15, 0.2) is 5.78 Å². The van der Waals surface area contributed by atoms with Crippen LogP contribution in [0.1, 0.15) is 53.3 Å². The van der Waals surface area contributed by atoms with Crippen molar-refractivity contribution < 1.29 is 55.7 Å². The molecule has 0 bridgehead atoms. The second-order valence-corrected chi connectivity index (χ2v) is 10.4. The van der Waals surface area contributed by atoms with Crippen LogP contribution >= 0.6 is 11.8 Å². The molecule has 0 fully saturated rings. The number of fused-ring (bicyclic) bond motifs is 1. The van der Waals surface area contributed by atoms with E-state index in [1.54, 1.807) is 0 Å². The minimum atomic E-state index is -5.07. The van der Waals surface area contributed by atoms with Gasteiger partial charge < -0.3 is 14.9 Å². The van der Waals surface area contributed by atoms with E-state index < -0.39 is 81.7 Å². The van der Waals surface area contributed by atoms with Crippen LogP contribution in [0.2, 0.25) is 0 Å². The fourth-order valence-corrected chi connectivity index (χ4v) is 6.23. The molecule has 0 aliphatic carbocycles. The lowest BCUT2D eigenvalue weighted by Gasteiger charge is -2.38. The fraction of sp³-hybridized carbons (Fsp3) is 0.250. The maximum absolute atomic E-state index is 14.2. The van der Waals surface area contributed by atoms with Crippen molar-refractivity contribution in [2.45, 2.75) is 30.1 Å². The van der Waals surface area contributed by atoms with Crippen molar-refractivity contribution in [2.24, 2.45) is 5.41 Å². The number of Topliss-reactive ketones (excluding diaryl/α,β-unsaturated/α-hetero) is 1. The summed E-state index contributed by atoms with van der Waals surface area (Å²) in [5.74, 6) is -4.51. The number of aromatic carboxylic acids is 2. The number of halogens is 6. The summed E-state index contributed by atoms with van der Waals surface area (Å²) in [5, 5.41) is 19.4. The number of carboxylic acids is 2. The van der Waals surface area contributed by atoms with E-state index in [1.165, 1.54) is 25.3 Å². The Balaban J connectivity index is 2.03. The Labute approximate surface area is 232 Å². The van der Waals surface area contributed by atoms with E-state index in [0.29, 0.717) is 17.0 Å². The Kier molecular flexibility index (Phi) is 7.87. The Morgan fingerprint density at radius 2 is 1.34 bits per heavy atom. The van der Waals surface area contributed by atoms with E-state index in [2.05, 4.69) is 0 Å². The summed E-state index contributed by atoms with van der Waals surface area (Å²) in [6.45, 7) is 0. The summed E-state index contributed by atoms with van der Waals surface area (Å²) < 4.78 is 89.7. The number of carbonyl (C=O) groups excluding carboxylic acids is 1. The number of alkyl halides is 6. The molecule has 0 radical (unpaired) electrons. The zero-order chi connectivity index (χ0) is 30.3. The largest absolute Gasteiger partial charge is 0.497 e. The maximum Gasteiger partial charge on any atom is 0.416 e. The molecule has 1 heterocycles. The Bertz CT molecular complexity index is 1470. The number of methoxy groups -OCH3 is 1. The number of thioether (sulfide) groups is 1. The van der Waals surface area contributed by atoms with Gasteiger partial charge in [0, 0.05) is 16.2 Å². The van der Waals surface area contributed by atoms with Crippen LogP contribution in [0.15, 0.2) is 59.5 Å². The molecule has 1 aliphatic heterocycles. The van der Waals surface area contributed by atoms with Crippen molar-refractivity contribution in [2.75, 3.05) is 12.9 Å². The van der Waals surface area contributed by atoms with Gasteiger partial charge in [0.05, 0.1) is 34.8 Å². The average molecular weight is 599 g/mol. The molecule has 0 atom stereocenters. The summed E-state index contributed by atoms with van der Waals surface area (Å²) in [6, 6.07) is 9.14. The third-order valence-electron chi connectivity index (χ3n) is 6.87. The van der Waals surface area contributed by atoms with Gasteiger partial charge >= 0.3 is 24.3 Å². The molecule has 216 valence electrons. The van der Waals surface area contributed by atoms with Gasteiger partial charge in [0.2, 0.25) is 0 Å². The zero-order valence-electron chi connectivity index (χ0n) is 21.0. The molecule has 0 saturated heterocycles. The number of hydrogen-bond acceptors (Lipinski definition) is 5. The Morgan fingerprint density at radius 1 is 0.854 bits per heavy atom. The lowest BCUT2D eigenvalue weighted by molar-refractivity contribution is -0.138. The molecule has 6 nitrogen and oxygen atoms in total. The summed E-state index contributed by atoms with van der Waals surface area (Å²) in [5.41, 5.74) is -8.05. The first-order chi connectivity index (χ1) is 19.1. The van der Waals surface area contributed by atoms with Crippen molar-refractivity contribution in [3.63, 3.8) is 0 Å². The monoisotopic (exact) mass is 598 g/mol. The number of carbonyl (C=O) groups is 3. The molecule has 0 saturated carbocycles. The smallest absolute Gasteiger partial charge is 0.416 e.